The molecule has 0 aromatic carbocycles. The first kappa shape index (κ1) is 10.2. The summed E-state index contributed by atoms with van der Waals surface area (Å²) < 4.78 is 1.63. The van der Waals surface area contributed by atoms with E-state index < -0.39 is 12.2 Å². The van der Waals surface area contributed by atoms with Gasteiger partial charge in [0.05, 0.1) is 6.10 Å². The number of hydrogen-bond donors (Lipinski definition) is 3. The topological polar surface area (TPSA) is 78.5 Å². The van der Waals surface area contributed by atoms with Crippen LogP contribution in [0, 0.1) is 0 Å². The van der Waals surface area contributed by atoms with Crippen LogP contribution in [0.3, 0.4) is 0 Å². The molecule has 13 heavy (non-hydrogen) atoms. The van der Waals surface area contributed by atoms with E-state index in [1.807, 2.05) is 0 Å². The van der Waals surface area contributed by atoms with Crippen molar-refractivity contribution in [3.05, 3.63) is 18.2 Å². The second kappa shape index (κ2) is 4.36. The van der Waals surface area contributed by atoms with Crippen LogP contribution in [0.2, 0.25) is 0 Å². The van der Waals surface area contributed by atoms with E-state index in [-0.39, 0.29) is 13.0 Å². The summed E-state index contributed by atoms with van der Waals surface area (Å²) in [5.74, 6) is 0.404. The van der Waals surface area contributed by atoms with Crippen molar-refractivity contribution in [3.63, 3.8) is 0 Å². The molecule has 0 saturated carbocycles. The molecule has 5 nitrogen and oxygen atoms in total. The Morgan fingerprint density at radius 1 is 1.54 bits per heavy atom. The average molecular weight is 186 g/mol. The van der Waals surface area contributed by atoms with Crippen molar-refractivity contribution in [3.8, 4) is 0 Å². The van der Waals surface area contributed by atoms with Crippen molar-refractivity contribution < 1.29 is 15.3 Å². The maximum Gasteiger partial charge on any atom is 0.140 e. The van der Waals surface area contributed by atoms with E-state index >= 15 is 0 Å². The van der Waals surface area contributed by atoms with Gasteiger partial charge in [-0.05, 0) is 6.42 Å². The quantitative estimate of drug-likeness (QED) is 0.575. The molecule has 2 atom stereocenters. The van der Waals surface area contributed by atoms with Crippen molar-refractivity contribution in [2.75, 3.05) is 6.61 Å². The van der Waals surface area contributed by atoms with Gasteiger partial charge in [0.15, 0.2) is 0 Å². The Bertz CT molecular complexity index is 262. The van der Waals surface area contributed by atoms with Crippen molar-refractivity contribution in [1.29, 1.82) is 0 Å². The van der Waals surface area contributed by atoms with Crippen LogP contribution in [-0.2, 0) is 7.05 Å². The van der Waals surface area contributed by atoms with Gasteiger partial charge in [0.2, 0.25) is 0 Å². The first-order valence-electron chi connectivity index (χ1n) is 4.11. The van der Waals surface area contributed by atoms with Crippen LogP contribution in [0.1, 0.15) is 18.3 Å². The Kier molecular flexibility index (Phi) is 3.41. The number of imidazole rings is 1. The van der Waals surface area contributed by atoms with Gasteiger partial charge in [0.1, 0.15) is 11.9 Å². The number of aromatic nitrogens is 2. The fraction of sp³-hybridized carbons (Fsp3) is 0.625. The molecule has 0 spiro atoms. The summed E-state index contributed by atoms with van der Waals surface area (Å²) in [4.78, 5) is 3.89. The number of aryl methyl sites for hydroxylation is 1. The second-order valence-electron chi connectivity index (χ2n) is 2.92. The summed E-state index contributed by atoms with van der Waals surface area (Å²) in [6, 6.07) is 0. The molecule has 5 heteroatoms. The molecule has 1 aromatic heterocycles. The number of aliphatic hydroxyl groups excluding tert-OH is 3. The van der Waals surface area contributed by atoms with Gasteiger partial charge < -0.3 is 19.9 Å². The molecule has 1 aromatic rings. The van der Waals surface area contributed by atoms with E-state index in [2.05, 4.69) is 4.98 Å². The normalized spacial score (nSPS) is 15.7. The van der Waals surface area contributed by atoms with E-state index in [4.69, 9.17) is 5.11 Å². The number of hydrogen-bond acceptors (Lipinski definition) is 4. The monoisotopic (exact) mass is 186 g/mol. The van der Waals surface area contributed by atoms with Crippen LogP contribution in [0.15, 0.2) is 12.4 Å². The molecule has 3 N–H and O–H groups in total. The number of nitrogens with zero attached hydrogens (tertiary/aromatic N) is 2. The van der Waals surface area contributed by atoms with Crippen LogP contribution < -0.4 is 0 Å². The smallest absolute Gasteiger partial charge is 0.140 e. The zero-order chi connectivity index (χ0) is 9.84. The first-order chi connectivity index (χ1) is 6.16. The fourth-order valence-corrected chi connectivity index (χ4v) is 1.12. The highest BCUT2D eigenvalue weighted by atomic mass is 16.3. The lowest BCUT2D eigenvalue weighted by Crippen LogP contribution is -2.22. The molecule has 0 amide bonds. The lowest BCUT2D eigenvalue weighted by atomic mass is 10.1. The third kappa shape index (κ3) is 2.27. The lowest BCUT2D eigenvalue weighted by molar-refractivity contribution is -0.00196. The highest BCUT2D eigenvalue weighted by Crippen LogP contribution is 2.15. The fourth-order valence-electron chi connectivity index (χ4n) is 1.12. The van der Waals surface area contributed by atoms with Crippen molar-refractivity contribution in [2.45, 2.75) is 18.6 Å². The van der Waals surface area contributed by atoms with Gasteiger partial charge in [-0.3, -0.25) is 0 Å². The molecule has 0 bridgehead atoms. The van der Waals surface area contributed by atoms with Gasteiger partial charge in [-0.1, -0.05) is 0 Å². The van der Waals surface area contributed by atoms with Crippen LogP contribution in [-0.4, -0.2) is 37.6 Å². The number of aliphatic hydroxyl groups is 3. The Labute approximate surface area is 76.3 Å². The molecule has 0 saturated heterocycles. The highest BCUT2D eigenvalue weighted by Gasteiger charge is 2.20. The lowest BCUT2D eigenvalue weighted by Gasteiger charge is -2.16. The molecule has 0 fully saturated rings. The second-order valence-corrected chi connectivity index (χ2v) is 2.92. The molecule has 2 unspecified atom stereocenters. The Morgan fingerprint density at radius 2 is 2.23 bits per heavy atom. The van der Waals surface area contributed by atoms with Crippen LogP contribution >= 0.6 is 0 Å². The third-order valence-electron chi connectivity index (χ3n) is 1.91. The SMILES string of the molecule is Cn1ccnc1C(O)C(O)CCO. The Morgan fingerprint density at radius 3 is 2.69 bits per heavy atom. The molecule has 0 aliphatic rings. The van der Waals surface area contributed by atoms with Crippen LogP contribution in [0.25, 0.3) is 0 Å². The highest BCUT2D eigenvalue weighted by molar-refractivity contribution is 4.97. The van der Waals surface area contributed by atoms with E-state index in [0.717, 1.165) is 0 Å². The summed E-state index contributed by atoms with van der Waals surface area (Å²) in [5, 5.41) is 27.5. The zero-order valence-corrected chi connectivity index (χ0v) is 7.46. The summed E-state index contributed by atoms with van der Waals surface area (Å²) in [6.45, 7) is -0.150. The minimum atomic E-state index is -1.04. The van der Waals surface area contributed by atoms with Gasteiger partial charge in [-0.15, -0.1) is 0 Å². The third-order valence-corrected chi connectivity index (χ3v) is 1.91. The van der Waals surface area contributed by atoms with Crippen molar-refractivity contribution in [2.24, 2.45) is 7.05 Å². The number of rotatable bonds is 4. The van der Waals surface area contributed by atoms with Gasteiger partial charge in [-0.2, -0.15) is 0 Å². The first-order valence-corrected chi connectivity index (χ1v) is 4.11. The molecule has 0 aliphatic heterocycles. The predicted octanol–water partition coefficient (Wildman–Crippen LogP) is -0.803. The molecular weight excluding hydrogens is 172 g/mol. The summed E-state index contributed by atoms with van der Waals surface area (Å²) >= 11 is 0. The predicted molar refractivity (Wildman–Crippen MR) is 45.9 cm³/mol. The maximum atomic E-state index is 9.55. The molecule has 0 radical (unpaired) electrons. The largest absolute Gasteiger partial charge is 0.396 e. The minimum Gasteiger partial charge on any atom is -0.396 e. The van der Waals surface area contributed by atoms with E-state index in [9.17, 15) is 10.2 Å². The van der Waals surface area contributed by atoms with E-state index in [1.165, 1.54) is 0 Å². The van der Waals surface area contributed by atoms with Gasteiger partial charge in [0, 0.05) is 26.0 Å². The Hall–Kier alpha value is -0.910. The Balaban J connectivity index is 2.67. The van der Waals surface area contributed by atoms with Gasteiger partial charge in [-0.25, -0.2) is 4.98 Å². The zero-order valence-electron chi connectivity index (χ0n) is 7.46. The molecule has 1 heterocycles. The van der Waals surface area contributed by atoms with Gasteiger partial charge in [0.25, 0.3) is 0 Å². The van der Waals surface area contributed by atoms with Crippen molar-refractivity contribution in [1.82, 2.24) is 9.55 Å². The summed E-state index contributed by atoms with van der Waals surface area (Å²) in [5.41, 5.74) is 0. The summed E-state index contributed by atoms with van der Waals surface area (Å²) in [7, 11) is 1.73. The van der Waals surface area contributed by atoms with Crippen LogP contribution in [0.4, 0.5) is 0 Å². The van der Waals surface area contributed by atoms with E-state index in [1.54, 1.807) is 24.0 Å². The maximum absolute atomic E-state index is 9.55. The standard InChI is InChI=1S/C8H14N2O3/c1-10-4-3-9-8(10)7(13)6(12)2-5-11/h3-4,6-7,11-13H,2,5H2,1H3. The van der Waals surface area contributed by atoms with E-state index in [0.29, 0.717) is 5.82 Å². The average Bonchev–Trinajstić information content (AvgIpc) is 2.50. The van der Waals surface area contributed by atoms with Crippen molar-refractivity contribution >= 4 is 0 Å². The molecule has 0 aliphatic carbocycles. The summed E-state index contributed by atoms with van der Waals surface area (Å²) in [6.07, 6.45) is 1.38. The molecule has 1 rings (SSSR count). The molecule has 74 valence electrons. The van der Waals surface area contributed by atoms with Gasteiger partial charge >= 0.3 is 0 Å². The van der Waals surface area contributed by atoms with Crippen LogP contribution in [0.5, 0.6) is 0 Å². The molecular formula is C8H14N2O3. The minimum absolute atomic E-state index is 0.147.